The van der Waals surface area contributed by atoms with Crippen LogP contribution in [0.4, 0.5) is 4.39 Å². The second-order valence-corrected chi connectivity index (χ2v) is 7.10. The van der Waals surface area contributed by atoms with Crippen molar-refractivity contribution >= 4 is 0 Å². The molecule has 0 radical (unpaired) electrons. The van der Waals surface area contributed by atoms with Gasteiger partial charge in [-0.25, -0.2) is 4.39 Å². The number of nitrogens with zero attached hydrogens (tertiary/aromatic N) is 3. The molecule has 2 heterocycles. The van der Waals surface area contributed by atoms with Crippen LogP contribution >= 0.6 is 0 Å². The molecule has 2 aromatic carbocycles. The largest absolute Gasteiger partial charge is 0.492 e. The summed E-state index contributed by atoms with van der Waals surface area (Å²) in [5.74, 6) is 0.712. The minimum Gasteiger partial charge on any atom is -0.492 e. The Morgan fingerprint density at radius 2 is 1.93 bits per heavy atom. The van der Waals surface area contributed by atoms with Crippen LogP contribution in [-0.2, 0) is 19.6 Å². The van der Waals surface area contributed by atoms with Gasteiger partial charge in [0.05, 0.1) is 6.20 Å². The van der Waals surface area contributed by atoms with Gasteiger partial charge < -0.3 is 4.74 Å². The summed E-state index contributed by atoms with van der Waals surface area (Å²) in [6.45, 7) is 7.46. The van der Waals surface area contributed by atoms with Crippen molar-refractivity contribution in [1.82, 2.24) is 14.7 Å². The second-order valence-electron chi connectivity index (χ2n) is 7.10. The van der Waals surface area contributed by atoms with E-state index in [4.69, 9.17) is 4.74 Å². The Kier molecular flexibility index (Phi) is 4.94. The minimum atomic E-state index is -0.218. The maximum atomic E-state index is 13.2. The van der Waals surface area contributed by atoms with E-state index in [0.717, 1.165) is 42.1 Å². The lowest BCUT2D eigenvalue weighted by molar-refractivity contribution is 0.151. The maximum Gasteiger partial charge on any atom is 0.123 e. The molecule has 140 valence electrons. The molecule has 3 aromatic rings. The Morgan fingerprint density at radius 1 is 1.15 bits per heavy atom. The van der Waals surface area contributed by atoms with E-state index in [9.17, 15) is 4.39 Å². The number of ether oxygens (including phenoxy) is 1. The summed E-state index contributed by atoms with van der Waals surface area (Å²) >= 11 is 0. The summed E-state index contributed by atoms with van der Waals surface area (Å²) in [6, 6.07) is 13.1. The Labute approximate surface area is 159 Å². The molecule has 0 spiro atoms. The Balaban J connectivity index is 1.59. The number of hydrogen-bond acceptors (Lipinski definition) is 3. The van der Waals surface area contributed by atoms with Crippen LogP contribution in [0.1, 0.15) is 25.0 Å². The average molecular weight is 365 g/mol. The summed E-state index contributed by atoms with van der Waals surface area (Å²) in [5, 5.41) is 4.38. The molecule has 4 rings (SSSR count). The number of rotatable bonds is 4. The minimum absolute atomic E-state index is 0.218. The van der Waals surface area contributed by atoms with Crippen LogP contribution in [0.2, 0.25) is 0 Å². The van der Waals surface area contributed by atoms with Gasteiger partial charge in [0.2, 0.25) is 0 Å². The Morgan fingerprint density at radius 3 is 2.67 bits per heavy atom. The zero-order valence-electron chi connectivity index (χ0n) is 15.7. The number of halogens is 1. The summed E-state index contributed by atoms with van der Waals surface area (Å²) in [4.78, 5) is 2.41. The first kappa shape index (κ1) is 17.7. The lowest BCUT2D eigenvalue weighted by Gasteiger charge is -2.25. The van der Waals surface area contributed by atoms with Crippen LogP contribution in [0.15, 0.2) is 54.9 Å². The molecular formula is C22H24FN3O. The Bertz CT molecular complexity index is 920. The van der Waals surface area contributed by atoms with Crippen molar-refractivity contribution < 1.29 is 9.13 Å². The molecule has 4 nitrogen and oxygen atoms in total. The first-order chi connectivity index (χ1) is 13.1. The molecular weight excluding hydrogens is 341 g/mol. The van der Waals surface area contributed by atoms with Gasteiger partial charge in [-0.2, -0.15) is 5.10 Å². The number of hydrogen-bond donors (Lipinski definition) is 0. The van der Waals surface area contributed by atoms with E-state index >= 15 is 0 Å². The predicted molar refractivity (Wildman–Crippen MR) is 104 cm³/mol. The quantitative estimate of drug-likeness (QED) is 0.682. The van der Waals surface area contributed by atoms with Gasteiger partial charge in [-0.05, 0) is 49.2 Å². The first-order valence-electron chi connectivity index (χ1n) is 9.39. The number of aromatic nitrogens is 2. The van der Waals surface area contributed by atoms with Gasteiger partial charge in [0.25, 0.3) is 0 Å². The fourth-order valence-corrected chi connectivity index (χ4v) is 3.46. The third-order valence-corrected chi connectivity index (χ3v) is 5.11. The van der Waals surface area contributed by atoms with Gasteiger partial charge in [0.1, 0.15) is 18.2 Å². The van der Waals surface area contributed by atoms with Crippen molar-refractivity contribution in [2.45, 2.75) is 39.5 Å². The van der Waals surface area contributed by atoms with Crippen LogP contribution in [-0.4, -0.2) is 27.3 Å². The summed E-state index contributed by atoms with van der Waals surface area (Å²) < 4.78 is 21.2. The Hall–Kier alpha value is -2.66. The highest BCUT2D eigenvalue weighted by atomic mass is 19.1. The van der Waals surface area contributed by atoms with Crippen LogP contribution in [0.3, 0.4) is 0 Å². The standard InChI is InChI=1S/C22H24FN3O/c1-3-26-13-17(11-24-26)12-25-14-20-10-19(18-4-7-21(23)8-5-18)6-9-22(20)27-15-16(25)2/h4-11,13,16H,3,12,14-15H2,1-2H3/t16-/m0/s1. The lowest BCUT2D eigenvalue weighted by atomic mass is 10.0. The SMILES string of the molecule is CCn1cc(CN2Cc3cc(-c4ccc(F)cc4)ccc3OC[C@@H]2C)cn1. The van der Waals surface area contributed by atoms with E-state index < -0.39 is 0 Å². The molecule has 0 bridgehead atoms. The van der Waals surface area contributed by atoms with Gasteiger partial charge >= 0.3 is 0 Å². The third kappa shape index (κ3) is 3.88. The molecule has 1 atom stereocenters. The molecule has 5 heteroatoms. The normalized spacial score (nSPS) is 17.2. The zero-order chi connectivity index (χ0) is 18.8. The van der Waals surface area contributed by atoms with Crippen molar-refractivity contribution in [3.63, 3.8) is 0 Å². The second kappa shape index (κ2) is 7.53. The van der Waals surface area contributed by atoms with Crippen molar-refractivity contribution in [2.24, 2.45) is 0 Å². The van der Waals surface area contributed by atoms with E-state index in [1.54, 1.807) is 0 Å². The van der Waals surface area contributed by atoms with Gasteiger partial charge in [-0.15, -0.1) is 0 Å². The fraction of sp³-hybridized carbons (Fsp3) is 0.318. The highest BCUT2D eigenvalue weighted by Gasteiger charge is 2.22. The topological polar surface area (TPSA) is 30.3 Å². The van der Waals surface area contributed by atoms with Crippen molar-refractivity contribution in [2.75, 3.05) is 6.61 Å². The fourth-order valence-electron chi connectivity index (χ4n) is 3.46. The highest BCUT2D eigenvalue weighted by Crippen LogP contribution is 2.31. The summed E-state index contributed by atoms with van der Waals surface area (Å²) in [7, 11) is 0. The van der Waals surface area contributed by atoms with E-state index in [-0.39, 0.29) is 5.82 Å². The van der Waals surface area contributed by atoms with E-state index in [0.29, 0.717) is 12.6 Å². The summed E-state index contributed by atoms with van der Waals surface area (Å²) in [6.07, 6.45) is 4.05. The molecule has 0 aliphatic carbocycles. The average Bonchev–Trinajstić information content (AvgIpc) is 3.08. The van der Waals surface area contributed by atoms with Crippen molar-refractivity contribution in [3.05, 3.63) is 71.8 Å². The van der Waals surface area contributed by atoms with E-state index in [1.807, 2.05) is 35.1 Å². The molecule has 0 saturated carbocycles. The van der Waals surface area contributed by atoms with Crippen LogP contribution < -0.4 is 4.74 Å². The molecule has 1 aliphatic heterocycles. The van der Waals surface area contributed by atoms with E-state index in [2.05, 4.69) is 36.1 Å². The molecule has 0 N–H and O–H groups in total. The van der Waals surface area contributed by atoms with Crippen molar-refractivity contribution in [1.29, 1.82) is 0 Å². The zero-order valence-corrected chi connectivity index (χ0v) is 15.7. The van der Waals surface area contributed by atoms with Gasteiger partial charge in [-0.3, -0.25) is 9.58 Å². The molecule has 0 saturated heterocycles. The number of aryl methyl sites for hydroxylation is 1. The monoisotopic (exact) mass is 365 g/mol. The van der Waals surface area contributed by atoms with Crippen LogP contribution in [0, 0.1) is 5.82 Å². The molecule has 1 aliphatic rings. The maximum absolute atomic E-state index is 13.2. The van der Waals surface area contributed by atoms with Crippen molar-refractivity contribution in [3.8, 4) is 16.9 Å². The lowest BCUT2D eigenvalue weighted by Crippen LogP contribution is -2.34. The summed E-state index contributed by atoms with van der Waals surface area (Å²) in [5.41, 5.74) is 4.45. The molecule has 0 amide bonds. The molecule has 0 fully saturated rings. The molecule has 1 aromatic heterocycles. The third-order valence-electron chi connectivity index (χ3n) is 5.11. The predicted octanol–water partition coefficient (Wildman–Crippen LogP) is 4.49. The molecule has 0 unspecified atom stereocenters. The van der Waals surface area contributed by atoms with Crippen LogP contribution in [0.25, 0.3) is 11.1 Å². The number of benzene rings is 2. The first-order valence-corrected chi connectivity index (χ1v) is 9.39. The van der Waals surface area contributed by atoms with Gasteiger partial charge in [-0.1, -0.05) is 18.2 Å². The smallest absolute Gasteiger partial charge is 0.123 e. The van der Waals surface area contributed by atoms with Gasteiger partial charge in [0.15, 0.2) is 0 Å². The van der Waals surface area contributed by atoms with Crippen LogP contribution in [0.5, 0.6) is 5.75 Å². The van der Waals surface area contributed by atoms with E-state index in [1.165, 1.54) is 17.7 Å². The highest BCUT2D eigenvalue weighted by molar-refractivity contribution is 5.65. The van der Waals surface area contributed by atoms with Gasteiger partial charge in [0, 0.05) is 43.0 Å². The number of fused-ring (bicyclic) bond motifs is 1. The molecule has 27 heavy (non-hydrogen) atoms.